The molecule has 0 aromatic rings. The fraction of sp³-hybridized carbons (Fsp3) is 0.333. The molecule has 0 aliphatic carbocycles. The standard InChI is InChI=1S/C3H3Cl3NO/c4-3(5,6)1-7-2-8/h1-2H,(H,7,8). The fourth-order valence-electron chi connectivity index (χ4n) is 0.129. The van der Waals surface area contributed by atoms with Gasteiger partial charge in [-0.05, 0) is 0 Å². The summed E-state index contributed by atoms with van der Waals surface area (Å²) in [6.07, 6.45) is 0.419. The lowest BCUT2D eigenvalue weighted by molar-refractivity contribution is -0.109. The van der Waals surface area contributed by atoms with Crippen LogP contribution in [0, 0.1) is 6.54 Å². The van der Waals surface area contributed by atoms with E-state index >= 15 is 0 Å². The quantitative estimate of drug-likeness (QED) is 0.497. The van der Waals surface area contributed by atoms with Gasteiger partial charge in [0.2, 0.25) is 10.2 Å². The van der Waals surface area contributed by atoms with Crippen LogP contribution in [0.25, 0.3) is 0 Å². The number of halogens is 3. The number of amides is 1. The second-order valence-electron chi connectivity index (χ2n) is 0.970. The molecule has 0 spiro atoms. The maximum atomic E-state index is 9.53. The number of alkyl halides is 3. The van der Waals surface area contributed by atoms with E-state index < -0.39 is 3.79 Å². The van der Waals surface area contributed by atoms with Crippen LogP contribution in [0.5, 0.6) is 0 Å². The molecule has 0 aliphatic rings. The molecule has 0 fully saturated rings. The van der Waals surface area contributed by atoms with E-state index in [1.54, 1.807) is 0 Å². The van der Waals surface area contributed by atoms with Crippen molar-refractivity contribution in [2.24, 2.45) is 0 Å². The third-order valence-electron chi connectivity index (χ3n) is 0.315. The molecule has 1 radical (unpaired) electrons. The first-order valence-corrected chi connectivity index (χ1v) is 2.80. The molecule has 0 atom stereocenters. The van der Waals surface area contributed by atoms with Crippen LogP contribution in [0.15, 0.2) is 0 Å². The van der Waals surface area contributed by atoms with Gasteiger partial charge in [-0.1, -0.05) is 34.8 Å². The van der Waals surface area contributed by atoms with Gasteiger partial charge in [0, 0.05) is 0 Å². The number of hydrogen-bond acceptors (Lipinski definition) is 1. The SMILES string of the molecule is O=CN[CH]C(Cl)(Cl)Cl. The first-order valence-electron chi connectivity index (χ1n) is 1.67. The third kappa shape index (κ3) is 6.34. The smallest absolute Gasteiger partial charge is 0.212 e. The number of carbonyl (C=O) groups excluding carboxylic acids is 1. The first-order chi connectivity index (χ1) is 3.56. The van der Waals surface area contributed by atoms with Gasteiger partial charge in [-0.25, -0.2) is 0 Å². The zero-order valence-electron chi connectivity index (χ0n) is 3.70. The van der Waals surface area contributed by atoms with Gasteiger partial charge in [0.1, 0.15) is 0 Å². The van der Waals surface area contributed by atoms with Crippen molar-refractivity contribution in [2.45, 2.75) is 3.79 Å². The van der Waals surface area contributed by atoms with Crippen LogP contribution >= 0.6 is 34.8 Å². The van der Waals surface area contributed by atoms with E-state index in [2.05, 4.69) is 5.32 Å². The topological polar surface area (TPSA) is 29.1 Å². The third-order valence-corrected chi connectivity index (χ3v) is 0.642. The molecule has 8 heavy (non-hydrogen) atoms. The molecule has 0 aromatic carbocycles. The molecular formula is C3H3Cl3NO. The Balaban J connectivity index is 3.24. The Morgan fingerprint density at radius 3 is 2.00 bits per heavy atom. The summed E-state index contributed by atoms with van der Waals surface area (Å²) in [5.41, 5.74) is 0. The number of nitrogens with one attached hydrogen (secondary N) is 1. The van der Waals surface area contributed by atoms with Crippen LogP contribution in [0.3, 0.4) is 0 Å². The Bertz CT molecular complexity index is 79.1. The Kier molecular flexibility index (Phi) is 3.53. The van der Waals surface area contributed by atoms with Gasteiger partial charge in [-0.3, -0.25) is 4.79 Å². The predicted molar refractivity (Wildman–Crippen MR) is 33.8 cm³/mol. The van der Waals surface area contributed by atoms with Gasteiger partial charge in [0.15, 0.2) is 0 Å². The molecule has 0 saturated carbocycles. The van der Waals surface area contributed by atoms with E-state index in [0.717, 1.165) is 6.54 Å². The van der Waals surface area contributed by atoms with Crippen LogP contribution in [0.1, 0.15) is 0 Å². The highest BCUT2D eigenvalue weighted by atomic mass is 35.6. The molecule has 0 aromatic heterocycles. The molecule has 47 valence electrons. The molecule has 2 nitrogen and oxygen atoms in total. The number of carbonyl (C=O) groups is 1. The molecule has 0 unspecified atom stereocenters. The summed E-state index contributed by atoms with van der Waals surface area (Å²) in [6, 6.07) is 0. The number of rotatable bonds is 2. The second-order valence-corrected chi connectivity index (χ2v) is 3.34. The van der Waals surface area contributed by atoms with Crippen LogP contribution in [0.2, 0.25) is 0 Å². The van der Waals surface area contributed by atoms with Gasteiger partial charge in [-0.15, -0.1) is 0 Å². The van der Waals surface area contributed by atoms with Crippen LogP contribution in [-0.2, 0) is 4.79 Å². The van der Waals surface area contributed by atoms with Crippen molar-refractivity contribution in [1.82, 2.24) is 5.32 Å². The first kappa shape index (κ1) is 8.34. The Morgan fingerprint density at radius 1 is 1.38 bits per heavy atom. The lowest BCUT2D eigenvalue weighted by atomic mass is 10.7. The minimum atomic E-state index is -1.50. The summed E-state index contributed by atoms with van der Waals surface area (Å²) in [4.78, 5) is 9.53. The van der Waals surface area contributed by atoms with Gasteiger partial charge >= 0.3 is 0 Å². The lowest BCUT2D eigenvalue weighted by Crippen LogP contribution is -2.17. The van der Waals surface area contributed by atoms with Crippen molar-refractivity contribution in [1.29, 1.82) is 0 Å². The summed E-state index contributed by atoms with van der Waals surface area (Å²) in [7, 11) is 0. The molecular weight excluding hydrogens is 172 g/mol. The summed E-state index contributed by atoms with van der Waals surface area (Å²) >= 11 is 15.5. The summed E-state index contributed by atoms with van der Waals surface area (Å²) in [6.45, 7) is 1.05. The Morgan fingerprint density at radius 2 is 1.88 bits per heavy atom. The average molecular weight is 175 g/mol. The second kappa shape index (κ2) is 3.38. The van der Waals surface area contributed by atoms with E-state index in [0.29, 0.717) is 6.41 Å². The maximum Gasteiger partial charge on any atom is 0.212 e. The predicted octanol–water partition coefficient (Wildman–Crippen LogP) is 1.26. The van der Waals surface area contributed by atoms with Crippen molar-refractivity contribution in [3.63, 3.8) is 0 Å². The highest BCUT2D eigenvalue weighted by Crippen LogP contribution is 2.26. The van der Waals surface area contributed by atoms with Crippen molar-refractivity contribution >= 4 is 41.2 Å². The molecule has 1 N–H and O–H groups in total. The highest BCUT2D eigenvalue weighted by Gasteiger charge is 2.18. The number of hydrogen-bond donors (Lipinski definition) is 1. The summed E-state index contributed by atoms with van der Waals surface area (Å²) in [5, 5.41) is 2.09. The van der Waals surface area contributed by atoms with Crippen molar-refractivity contribution in [2.75, 3.05) is 0 Å². The van der Waals surface area contributed by atoms with E-state index in [4.69, 9.17) is 34.8 Å². The Hall–Kier alpha value is 0.340. The molecule has 5 heteroatoms. The van der Waals surface area contributed by atoms with Crippen LogP contribution in [-0.4, -0.2) is 10.2 Å². The zero-order valence-corrected chi connectivity index (χ0v) is 5.96. The molecule has 0 rings (SSSR count). The summed E-state index contributed by atoms with van der Waals surface area (Å²) < 4.78 is -1.50. The monoisotopic (exact) mass is 174 g/mol. The zero-order chi connectivity index (χ0) is 6.62. The van der Waals surface area contributed by atoms with Gasteiger partial charge in [0.05, 0.1) is 6.54 Å². The van der Waals surface area contributed by atoms with E-state index in [1.807, 2.05) is 0 Å². The summed E-state index contributed by atoms with van der Waals surface area (Å²) in [5.74, 6) is 0. The molecule has 1 amide bonds. The Labute approximate surface area is 62.1 Å². The van der Waals surface area contributed by atoms with Crippen LogP contribution < -0.4 is 5.32 Å². The molecule has 0 aliphatic heterocycles. The van der Waals surface area contributed by atoms with E-state index in [1.165, 1.54) is 0 Å². The normalized spacial score (nSPS) is 10.9. The van der Waals surface area contributed by atoms with Gasteiger partial charge in [0.25, 0.3) is 0 Å². The molecule has 0 heterocycles. The van der Waals surface area contributed by atoms with E-state index in [-0.39, 0.29) is 0 Å². The molecule has 0 saturated heterocycles. The maximum absolute atomic E-state index is 9.53. The van der Waals surface area contributed by atoms with E-state index in [9.17, 15) is 4.79 Å². The highest BCUT2D eigenvalue weighted by molar-refractivity contribution is 6.68. The van der Waals surface area contributed by atoms with Crippen LogP contribution in [0.4, 0.5) is 0 Å². The fourth-order valence-corrected chi connectivity index (χ4v) is 0.317. The average Bonchev–Trinajstić information content (AvgIpc) is 1.59. The van der Waals surface area contributed by atoms with Crippen molar-refractivity contribution < 1.29 is 4.79 Å². The largest absolute Gasteiger partial charge is 0.349 e. The van der Waals surface area contributed by atoms with Crippen molar-refractivity contribution in [3.8, 4) is 0 Å². The van der Waals surface area contributed by atoms with Gasteiger partial charge in [-0.2, -0.15) is 0 Å². The molecule has 0 bridgehead atoms. The van der Waals surface area contributed by atoms with Gasteiger partial charge < -0.3 is 5.32 Å². The lowest BCUT2D eigenvalue weighted by Gasteiger charge is -2.06. The minimum Gasteiger partial charge on any atom is -0.349 e. The van der Waals surface area contributed by atoms with Crippen molar-refractivity contribution in [3.05, 3.63) is 6.54 Å². The minimum absolute atomic E-state index is 0.419.